The molecule has 0 bridgehead atoms. The van der Waals surface area contributed by atoms with E-state index in [0.29, 0.717) is 5.57 Å². The molecule has 2 nitrogen and oxygen atoms in total. The van der Waals surface area contributed by atoms with Crippen molar-refractivity contribution in [3.05, 3.63) is 52.1 Å². The Morgan fingerprint density at radius 3 is 2.44 bits per heavy atom. The van der Waals surface area contributed by atoms with Crippen molar-refractivity contribution in [2.45, 2.75) is 66.7 Å². The van der Waals surface area contributed by atoms with Gasteiger partial charge in [0.1, 0.15) is 0 Å². The van der Waals surface area contributed by atoms with E-state index in [1.54, 1.807) is 4.90 Å². The Balaban J connectivity index is 2.51. The van der Waals surface area contributed by atoms with Crippen molar-refractivity contribution in [1.82, 2.24) is 4.90 Å². The number of aryl methyl sites for hydroxylation is 1. The van der Waals surface area contributed by atoms with E-state index in [0.717, 1.165) is 25.6 Å². The van der Waals surface area contributed by atoms with Crippen molar-refractivity contribution in [3.63, 3.8) is 0 Å². The van der Waals surface area contributed by atoms with Gasteiger partial charge in [0, 0.05) is 18.2 Å². The number of carbonyl (C=O) groups is 1. The summed E-state index contributed by atoms with van der Waals surface area (Å²) in [7, 11) is 2.83. The van der Waals surface area contributed by atoms with Crippen LogP contribution >= 0.6 is 0 Å². The Labute approximate surface area is 166 Å². The normalized spacial score (nSPS) is 13.6. The summed E-state index contributed by atoms with van der Waals surface area (Å²) in [4.78, 5) is 14.7. The zero-order chi connectivity index (χ0) is 20.5. The van der Waals surface area contributed by atoms with E-state index in [1.165, 1.54) is 33.3 Å². The molecule has 0 aliphatic carbocycles. The SMILES string of the molecule is C=C(C(=O)N(C)C(C)(C)C)C1=C(C)c2cc(C=C(C)C)c(CC)cc2BC1. The maximum Gasteiger partial charge on any atom is 0.253 e. The predicted molar refractivity (Wildman–Crippen MR) is 121 cm³/mol. The summed E-state index contributed by atoms with van der Waals surface area (Å²) in [5, 5.41) is 0. The highest BCUT2D eigenvalue weighted by atomic mass is 16.2. The van der Waals surface area contributed by atoms with Crippen LogP contribution in [0.15, 0.2) is 35.4 Å². The molecular weight excluding hydrogens is 329 g/mol. The maximum absolute atomic E-state index is 12.9. The second kappa shape index (κ2) is 7.92. The average Bonchev–Trinajstić information content (AvgIpc) is 2.58. The van der Waals surface area contributed by atoms with Crippen molar-refractivity contribution in [2.75, 3.05) is 7.05 Å². The fourth-order valence-electron chi connectivity index (χ4n) is 3.64. The number of hydrogen-bond acceptors (Lipinski definition) is 1. The van der Waals surface area contributed by atoms with Gasteiger partial charge in [0.15, 0.2) is 7.28 Å². The van der Waals surface area contributed by atoms with Gasteiger partial charge in [-0.25, -0.2) is 0 Å². The van der Waals surface area contributed by atoms with Crippen molar-refractivity contribution in [3.8, 4) is 0 Å². The van der Waals surface area contributed by atoms with E-state index in [1.807, 2.05) is 27.8 Å². The van der Waals surface area contributed by atoms with Crippen LogP contribution in [0.1, 0.15) is 65.2 Å². The first-order chi connectivity index (χ1) is 12.5. The van der Waals surface area contributed by atoms with Gasteiger partial charge in [0.2, 0.25) is 0 Å². The lowest BCUT2D eigenvalue weighted by atomic mass is 9.57. The molecule has 144 valence electrons. The third-order valence-corrected chi connectivity index (χ3v) is 5.62. The second-order valence-corrected chi connectivity index (χ2v) is 8.90. The molecule has 0 N–H and O–H groups in total. The number of hydrogen-bond donors (Lipinski definition) is 0. The Bertz CT molecular complexity index is 833. The monoisotopic (exact) mass is 363 g/mol. The van der Waals surface area contributed by atoms with Gasteiger partial charge in [-0.15, -0.1) is 0 Å². The highest BCUT2D eigenvalue weighted by Crippen LogP contribution is 2.32. The summed E-state index contributed by atoms with van der Waals surface area (Å²) >= 11 is 0. The minimum absolute atomic E-state index is 0.0231. The molecule has 0 unspecified atom stereocenters. The van der Waals surface area contributed by atoms with Gasteiger partial charge in [-0.2, -0.15) is 0 Å². The molecule has 2 rings (SSSR count). The zero-order valence-electron chi connectivity index (χ0n) is 18.4. The molecule has 0 saturated carbocycles. The first-order valence-electron chi connectivity index (χ1n) is 9.95. The Morgan fingerprint density at radius 1 is 1.30 bits per heavy atom. The van der Waals surface area contributed by atoms with Crippen molar-refractivity contribution >= 4 is 30.3 Å². The quantitative estimate of drug-likeness (QED) is 0.558. The summed E-state index contributed by atoms with van der Waals surface area (Å²) in [6, 6.07) is 4.66. The van der Waals surface area contributed by atoms with Crippen LogP contribution in [-0.4, -0.2) is 30.7 Å². The molecule has 1 heterocycles. The Hall–Kier alpha value is -2.03. The first-order valence-corrected chi connectivity index (χ1v) is 9.95. The third-order valence-electron chi connectivity index (χ3n) is 5.62. The van der Waals surface area contributed by atoms with Crippen LogP contribution < -0.4 is 5.46 Å². The number of rotatable bonds is 4. The summed E-state index contributed by atoms with van der Waals surface area (Å²) in [6.45, 7) is 18.9. The fraction of sp³-hybridized carbons (Fsp3) is 0.458. The summed E-state index contributed by atoms with van der Waals surface area (Å²) in [5.41, 5.74) is 9.38. The van der Waals surface area contributed by atoms with Crippen LogP contribution in [0.2, 0.25) is 6.32 Å². The first kappa shape index (κ1) is 21.3. The van der Waals surface area contributed by atoms with Crippen LogP contribution in [0.25, 0.3) is 11.6 Å². The number of nitrogens with zero attached hydrogens (tertiary/aromatic N) is 1. The topological polar surface area (TPSA) is 20.3 Å². The van der Waals surface area contributed by atoms with E-state index in [9.17, 15) is 4.79 Å². The molecule has 3 heteroatoms. The molecule has 0 atom stereocenters. The van der Waals surface area contributed by atoms with Crippen LogP contribution in [0.5, 0.6) is 0 Å². The minimum Gasteiger partial charge on any atom is -0.337 e. The van der Waals surface area contributed by atoms with Crippen LogP contribution in [-0.2, 0) is 11.2 Å². The highest BCUT2D eigenvalue weighted by Gasteiger charge is 2.28. The lowest BCUT2D eigenvalue weighted by Crippen LogP contribution is -2.43. The molecule has 27 heavy (non-hydrogen) atoms. The van der Waals surface area contributed by atoms with Gasteiger partial charge in [-0.3, -0.25) is 4.79 Å². The smallest absolute Gasteiger partial charge is 0.253 e. The van der Waals surface area contributed by atoms with Gasteiger partial charge in [-0.1, -0.05) is 36.7 Å². The van der Waals surface area contributed by atoms with Gasteiger partial charge in [0.25, 0.3) is 5.91 Å². The van der Waals surface area contributed by atoms with Crippen molar-refractivity contribution in [1.29, 1.82) is 0 Å². The van der Waals surface area contributed by atoms with E-state index in [4.69, 9.17) is 0 Å². The van der Waals surface area contributed by atoms with Gasteiger partial charge in [0.05, 0.1) is 0 Å². The molecule has 0 aromatic heterocycles. The number of carbonyl (C=O) groups excluding carboxylic acids is 1. The fourth-order valence-corrected chi connectivity index (χ4v) is 3.64. The van der Waals surface area contributed by atoms with Gasteiger partial charge < -0.3 is 4.90 Å². The molecular formula is C24H34BNO. The van der Waals surface area contributed by atoms with Gasteiger partial charge in [-0.05, 0) is 88.2 Å². The highest BCUT2D eigenvalue weighted by molar-refractivity contribution is 6.57. The number of benzene rings is 1. The summed E-state index contributed by atoms with van der Waals surface area (Å²) in [5.74, 6) is 0.0231. The Morgan fingerprint density at radius 2 is 1.93 bits per heavy atom. The zero-order valence-corrected chi connectivity index (χ0v) is 18.4. The summed E-state index contributed by atoms with van der Waals surface area (Å²) < 4.78 is 0. The van der Waals surface area contributed by atoms with E-state index < -0.39 is 0 Å². The molecule has 1 aliphatic heterocycles. The molecule has 0 spiro atoms. The number of fused-ring (bicyclic) bond motifs is 1. The van der Waals surface area contributed by atoms with Gasteiger partial charge >= 0.3 is 0 Å². The van der Waals surface area contributed by atoms with Crippen LogP contribution in [0, 0.1) is 0 Å². The predicted octanol–water partition coefficient (Wildman–Crippen LogP) is 4.75. The standard InChI is InChI=1S/C24H34BNO/c1-10-18-13-22-20(12-19(18)11-15(2)3)16(4)21(14-25-22)17(5)23(27)26(9)24(6,7)8/h11-13,25H,5,10,14H2,1-4,6-9H3. The minimum atomic E-state index is -0.215. The molecule has 1 aliphatic rings. The molecule has 1 aromatic rings. The van der Waals surface area contributed by atoms with E-state index in [2.05, 4.69) is 52.5 Å². The molecule has 0 saturated heterocycles. The second-order valence-electron chi connectivity index (χ2n) is 8.90. The van der Waals surface area contributed by atoms with E-state index in [-0.39, 0.29) is 11.4 Å². The number of allylic oxidation sites excluding steroid dienone is 2. The van der Waals surface area contributed by atoms with Crippen molar-refractivity contribution in [2.24, 2.45) is 0 Å². The lowest BCUT2D eigenvalue weighted by molar-refractivity contribution is -0.129. The number of amides is 1. The van der Waals surface area contributed by atoms with E-state index >= 15 is 0 Å². The Kier molecular flexibility index (Phi) is 6.24. The average molecular weight is 363 g/mol. The van der Waals surface area contributed by atoms with Crippen LogP contribution in [0.4, 0.5) is 0 Å². The summed E-state index contributed by atoms with van der Waals surface area (Å²) in [6.07, 6.45) is 4.17. The van der Waals surface area contributed by atoms with Crippen LogP contribution in [0.3, 0.4) is 0 Å². The third kappa shape index (κ3) is 4.46. The lowest BCUT2D eigenvalue weighted by Gasteiger charge is -2.34. The molecule has 0 radical (unpaired) electrons. The number of likely N-dealkylation sites (N-methyl/N-ethyl adjacent to an activating group) is 1. The molecule has 1 aromatic carbocycles. The largest absolute Gasteiger partial charge is 0.337 e. The molecule has 1 amide bonds. The maximum atomic E-state index is 12.9. The van der Waals surface area contributed by atoms with Crippen molar-refractivity contribution < 1.29 is 4.79 Å². The molecule has 0 fully saturated rings.